The van der Waals surface area contributed by atoms with Crippen molar-refractivity contribution >= 4 is 5.97 Å². The van der Waals surface area contributed by atoms with E-state index in [0.29, 0.717) is 0 Å². The first-order valence-corrected chi connectivity index (χ1v) is 6.62. The third kappa shape index (κ3) is 2.40. The van der Waals surface area contributed by atoms with Crippen LogP contribution in [0, 0.1) is 16.2 Å². The van der Waals surface area contributed by atoms with Gasteiger partial charge in [-0.3, -0.25) is 0 Å². The van der Waals surface area contributed by atoms with Gasteiger partial charge in [0.05, 0.1) is 0 Å². The number of hydrogen-bond donors (Lipinski definition) is 3. The molecule has 0 fully saturated rings. The molecule has 0 aliphatic carbocycles. The van der Waals surface area contributed by atoms with Crippen molar-refractivity contribution in [1.29, 1.82) is 0 Å². The Bertz CT molecular complexity index is 338. The van der Waals surface area contributed by atoms with E-state index in [1.807, 2.05) is 0 Å². The third-order valence-corrected chi connectivity index (χ3v) is 4.09. The first kappa shape index (κ1) is 18.4. The lowest BCUT2D eigenvalue weighted by atomic mass is 9.50. The summed E-state index contributed by atoms with van der Waals surface area (Å²) in [5.74, 6) is -1.40. The molecule has 0 aliphatic heterocycles. The zero-order valence-corrected chi connectivity index (χ0v) is 13.7. The van der Waals surface area contributed by atoms with Gasteiger partial charge in [-0.15, -0.1) is 0 Å². The smallest absolute Gasteiger partial charge is 0.339 e. The van der Waals surface area contributed by atoms with Crippen molar-refractivity contribution in [2.45, 2.75) is 73.5 Å². The minimum Gasteiger partial charge on any atom is -0.479 e. The molecule has 4 heteroatoms. The normalized spacial score (nSPS) is 18.1. The van der Waals surface area contributed by atoms with E-state index >= 15 is 0 Å². The second kappa shape index (κ2) is 4.45. The van der Waals surface area contributed by atoms with Gasteiger partial charge in [0.15, 0.2) is 5.60 Å². The first-order chi connectivity index (χ1) is 7.94. The summed E-state index contributed by atoms with van der Waals surface area (Å²) in [5, 5.41) is 31.9. The van der Waals surface area contributed by atoms with Crippen LogP contribution in [0.25, 0.3) is 0 Å². The van der Waals surface area contributed by atoms with E-state index in [4.69, 9.17) is 0 Å². The SMILES string of the molecule is CC(C)(C)C(O)(C(=O)O)C(O)(C(C)(C)C)C(C)(C)C. The van der Waals surface area contributed by atoms with E-state index in [1.54, 1.807) is 62.3 Å². The van der Waals surface area contributed by atoms with Crippen LogP contribution in [-0.4, -0.2) is 32.5 Å². The minimum atomic E-state index is -2.27. The van der Waals surface area contributed by atoms with E-state index in [2.05, 4.69) is 0 Å². The molecule has 1 atom stereocenters. The van der Waals surface area contributed by atoms with Gasteiger partial charge in [-0.2, -0.15) is 0 Å². The van der Waals surface area contributed by atoms with E-state index in [-0.39, 0.29) is 0 Å². The van der Waals surface area contributed by atoms with Crippen molar-refractivity contribution in [1.82, 2.24) is 0 Å². The van der Waals surface area contributed by atoms with Gasteiger partial charge >= 0.3 is 5.97 Å². The zero-order valence-electron chi connectivity index (χ0n) is 13.7. The molecule has 0 saturated heterocycles. The quantitative estimate of drug-likeness (QED) is 0.723. The number of rotatable bonds is 2. The molecule has 0 heterocycles. The Labute approximate surface area is 116 Å². The molecule has 0 aromatic rings. The molecule has 0 bridgehead atoms. The topological polar surface area (TPSA) is 77.8 Å². The summed E-state index contributed by atoms with van der Waals surface area (Å²) in [6.45, 7) is 15.4. The third-order valence-electron chi connectivity index (χ3n) is 4.09. The second-order valence-corrected chi connectivity index (χ2v) is 8.48. The van der Waals surface area contributed by atoms with E-state index < -0.39 is 33.4 Å². The highest BCUT2D eigenvalue weighted by Crippen LogP contribution is 2.55. The molecular weight excluding hydrogens is 244 g/mol. The van der Waals surface area contributed by atoms with Crippen LogP contribution in [0.4, 0.5) is 0 Å². The molecule has 1 unspecified atom stereocenters. The van der Waals surface area contributed by atoms with Crippen molar-refractivity contribution in [3.63, 3.8) is 0 Å². The lowest BCUT2D eigenvalue weighted by molar-refractivity contribution is -0.282. The van der Waals surface area contributed by atoms with E-state index in [9.17, 15) is 20.1 Å². The number of carbonyl (C=O) groups is 1. The summed E-state index contributed by atoms with van der Waals surface area (Å²) in [5.41, 5.74) is -6.72. The second-order valence-electron chi connectivity index (χ2n) is 8.48. The Balaban J connectivity index is 6.54. The first-order valence-electron chi connectivity index (χ1n) is 6.62. The molecule has 0 amide bonds. The fourth-order valence-corrected chi connectivity index (χ4v) is 3.23. The fraction of sp³-hybridized carbons (Fsp3) is 0.933. The van der Waals surface area contributed by atoms with Crippen molar-refractivity contribution in [3.8, 4) is 0 Å². The van der Waals surface area contributed by atoms with Crippen LogP contribution in [0.1, 0.15) is 62.3 Å². The highest BCUT2D eigenvalue weighted by molar-refractivity contribution is 5.80. The van der Waals surface area contributed by atoms with Gasteiger partial charge in [0.25, 0.3) is 0 Å². The number of hydrogen-bond acceptors (Lipinski definition) is 3. The van der Waals surface area contributed by atoms with Crippen molar-refractivity contribution < 1.29 is 20.1 Å². The summed E-state index contributed by atoms with van der Waals surface area (Å²) in [4.78, 5) is 11.8. The van der Waals surface area contributed by atoms with Crippen LogP contribution in [0.3, 0.4) is 0 Å². The van der Waals surface area contributed by atoms with Gasteiger partial charge in [0.2, 0.25) is 0 Å². The summed E-state index contributed by atoms with van der Waals surface area (Å²) in [6, 6.07) is 0. The maximum absolute atomic E-state index is 11.8. The predicted molar refractivity (Wildman–Crippen MR) is 75.9 cm³/mol. The van der Waals surface area contributed by atoms with Crippen LogP contribution in [0.2, 0.25) is 0 Å². The Hall–Kier alpha value is -0.610. The highest BCUT2D eigenvalue weighted by atomic mass is 16.4. The molecular formula is C15H30O4. The molecule has 4 nitrogen and oxygen atoms in total. The van der Waals surface area contributed by atoms with Crippen molar-refractivity contribution in [2.75, 3.05) is 0 Å². The molecule has 0 rings (SSSR count). The van der Waals surface area contributed by atoms with Crippen molar-refractivity contribution in [2.24, 2.45) is 16.2 Å². The van der Waals surface area contributed by atoms with Gasteiger partial charge < -0.3 is 15.3 Å². The summed E-state index contributed by atoms with van der Waals surface area (Å²) in [6.07, 6.45) is 0. The largest absolute Gasteiger partial charge is 0.479 e. The zero-order chi connectivity index (χ0) is 16.1. The van der Waals surface area contributed by atoms with Crippen LogP contribution in [0.15, 0.2) is 0 Å². The number of carboxylic acids is 1. The minimum absolute atomic E-state index is 0.814. The summed E-state index contributed by atoms with van der Waals surface area (Å²) >= 11 is 0. The Kier molecular flexibility index (Phi) is 4.31. The molecule has 0 saturated carbocycles. The van der Waals surface area contributed by atoms with Gasteiger partial charge in [0, 0.05) is 5.41 Å². The molecule has 0 spiro atoms. The Morgan fingerprint density at radius 2 is 0.947 bits per heavy atom. The van der Waals surface area contributed by atoms with Gasteiger partial charge in [-0.25, -0.2) is 4.79 Å². The highest BCUT2D eigenvalue weighted by Gasteiger charge is 2.70. The maximum atomic E-state index is 11.8. The Morgan fingerprint density at radius 3 is 1.00 bits per heavy atom. The van der Waals surface area contributed by atoms with E-state index in [1.165, 1.54) is 0 Å². The molecule has 114 valence electrons. The summed E-state index contributed by atoms with van der Waals surface area (Å²) < 4.78 is 0. The molecule has 0 aromatic carbocycles. The van der Waals surface area contributed by atoms with Crippen LogP contribution in [0.5, 0.6) is 0 Å². The summed E-state index contributed by atoms with van der Waals surface area (Å²) in [7, 11) is 0. The molecule has 19 heavy (non-hydrogen) atoms. The lowest BCUT2D eigenvalue weighted by Gasteiger charge is -2.59. The van der Waals surface area contributed by atoms with Crippen LogP contribution >= 0.6 is 0 Å². The van der Waals surface area contributed by atoms with Crippen molar-refractivity contribution in [3.05, 3.63) is 0 Å². The van der Waals surface area contributed by atoms with Gasteiger partial charge in [-0.1, -0.05) is 62.3 Å². The Morgan fingerprint density at radius 1 is 0.684 bits per heavy atom. The van der Waals surface area contributed by atoms with E-state index in [0.717, 1.165) is 0 Å². The number of aliphatic carboxylic acids is 1. The average Bonchev–Trinajstić information content (AvgIpc) is 2.09. The van der Waals surface area contributed by atoms with Crippen LogP contribution in [-0.2, 0) is 4.79 Å². The molecule has 0 aromatic heterocycles. The molecule has 3 N–H and O–H groups in total. The molecule has 0 aliphatic rings. The number of carboxylic acid groups (broad SMARTS) is 1. The maximum Gasteiger partial charge on any atom is 0.339 e. The molecule has 0 radical (unpaired) electrons. The van der Waals surface area contributed by atoms with Gasteiger partial charge in [-0.05, 0) is 10.8 Å². The monoisotopic (exact) mass is 274 g/mol. The number of aliphatic hydroxyl groups is 2. The standard InChI is InChI=1S/C15H30O4/c1-11(2,3)14(18,10(16)17)15(19,12(4,5)6)13(7,8)9/h18-19H,1-9H3,(H,16,17). The lowest BCUT2D eigenvalue weighted by Crippen LogP contribution is -2.75. The fourth-order valence-electron chi connectivity index (χ4n) is 3.23. The van der Waals surface area contributed by atoms with Gasteiger partial charge in [0.1, 0.15) is 5.60 Å². The predicted octanol–water partition coefficient (Wildman–Crippen LogP) is 2.67. The average molecular weight is 274 g/mol. The van der Waals surface area contributed by atoms with Crippen LogP contribution < -0.4 is 0 Å².